The van der Waals surface area contributed by atoms with Gasteiger partial charge in [-0.3, -0.25) is 0 Å². The van der Waals surface area contributed by atoms with Crippen molar-refractivity contribution in [1.82, 2.24) is 0 Å². The molecule has 2 nitrogen and oxygen atoms in total. The molecule has 1 fully saturated rings. The summed E-state index contributed by atoms with van der Waals surface area (Å²) < 4.78 is 7.12. The Morgan fingerprint density at radius 3 is 2.45 bits per heavy atom. The van der Waals surface area contributed by atoms with Crippen LogP contribution in [-0.4, -0.2) is 19.2 Å². The highest BCUT2D eigenvalue weighted by Crippen LogP contribution is 2.24. The minimum absolute atomic E-state index is 0.275. The largest absolute Gasteiger partial charge is 0.489 e. The van der Waals surface area contributed by atoms with Crippen LogP contribution in [0.15, 0.2) is 53.0 Å². The highest BCUT2D eigenvalue weighted by molar-refractivity contribution is 9.10. The quantitative estimate of drug-likeness (QED) is 0.825. The first-order valence-corrected chi connectivity index (χ1v) is 7.74. The Kier molecular flexibility index (Phi) is 3.97. The number of aryl methyl sites for hydroxylation is 1. The van der Waals surface area contributed by atoms with Crippen LogP contribution in [0, 0.1) is 6.92 Å². The Morgan fingerprint density at radius 2 is 1.75 bits per heavy atom. The van der Waals surface area contributed by atoms with E-state index in [0.717, 1.165) is 29.7 Å². The van der Waals surface area contributed by atoms with Gasteiger partial charge in [-0.2, -0.15) is 0 Å². The monoisotopic (exact) mass is 331 g/mol. The topological polar surface area (TPSA) is 12.5 Å². The zero-order valence-electron chi connectivity index (χ0n) is 11.6. The molecule has 1 unspecified atom stereocenters. The van der Waals surface area contributed by atoms with E-state index in [9.17, 15) is 0 Å². The number of halogens is 1. The molecule has 1 atom stereocenters. The van der Waals surface area contributed by atoms with Gasteiger partial charge in [-0.05, 0) is 43.3 Å². The minimum atomic E-state index is 0.275. The van der Waals surface area contributed by atoms with E-state index in [-0.39, 0.29) is 6.10 Å². The Hall–Kier alpha value is -1.48. The van der Waals surface area contributed by atoms with E-state index in [1.165, 1.54) is 11.3 Å². The maximum Gasteiger partial charge on any atom is 0.119 e. The molecule has 0 aliphatic carbocycles. The standard InChI is InChI=1S/C17H18BrNO/c1-13-2-6-15(7-3-13)19-11-10-17(12-19)20-16-8-4-14(18)5-9-16/h2-9,17H,10-12H2,1H3. The lowest BCUT2D eigenvalue weighted by atomic mass is 10.2. The maximum atomic E-state index is 6.04. The van der Waals surface area contributed by atoms with Crippen molar-refractivity contribution < 1.29 is 4.74 Å². The molecule has 20 heavy (non-hydrogen) atoms. The van der Waals surface area contributed by atoms with Crippen molar-refractivity contribution in [1.29, 1.82) is 0 Å². The molecular formula is C17H18BrNO. The summed E-state index contributed by atoms with van der Waals surface area (Å²) in [7, 11) is 0. The molecule has 0 aromatic heterocycles. The number of benzene rings is 2. The smallest absolute Gasteiger partial charge is 0.119 e. The van der Waals surface area contributed by atoms with Gasteiger partial charge >= 0.3 is 0 Å². The molecule has 3 rings (SSSR count). The summed E-state index contributed by atoms with van der Waals surface area (Å²) in [5, 5.41) is 0. The van der Waals surface area contributed by atoms with E-state index < -0.39 is 0 Å². The molecule has 104 valence electrons. The van der Waals surface area contributed by atoms with Gasteiger partial charge in [0.25, 0.3) is 0 Å². The number of ether oxygens (including phenoxy) is 1. The van der Waals surface area contributed by atoms with Crippen molar-refractivity contribution >= 4 is 21.6 Å². The van der Waals surface area contributed by atoms with E-state index in [2.05, 4.69) is 52.0 Å². The highest BCUT2D eigenvalue weighted by atomic mass is 79.9. The van der Waals surface area contributed by atoms with Crippen molar-refractivity contribution in [3.63, 3.8) is 0 Å². The normalized spacial score (nSPS) is 18.3. The lowest BCUT2D eigenvalue weighted by molar-refractivity contribution is 0.225. The summed E-state index contributed by atoms with van der Waals surface area (Å²) in [5.74, 6) is 0.948. The second kappa shape index (κ2) is 5.88. The number of hydrogen-bond donors (Lipinski definition) is 0. The van der Waals surface area contributed by atoms with Gasteiger partial charge in [0.2, 0.25) is 0 Å². The van der Waals surface area contributed by atoms with E-state index in [1.807, 2.05) is 24.3 Å². The van der Waals surface area contributed by atoms with Gasteiger partial charge in [-0.25, -0.2) is 0 Å². The first kappa shape index (κ1) is 13.5. The van der Waals surface area contributed by atoms with Crippen molar-refractivity contribution in [3.8, 4) is 5.75 Å². The van der Waals surface area contributed by atoms with Crippen LogP contribution in [-0.2, 0) is 0 Å². The van der Waals surface area contributed by atoms with E-state index >= 15 is 0 Å². The van der Waals surface area contributed by atoms with Crippen LogP contribution in [0.3, 0.4) is 0 Å². The summed E-state index contributed by atoms with van der Waals surface area (Å²) in [6.07, 6.45) is 1.35. The predicted molar refractivity (Wildman–Crippen MR) is 86.6 cm³/mol. The van der Waals surface area contributed by atoms with Crippen molar-refractivity contribution in [3.05, 3.63) is 58.6 Å². The first-order valence-electron chi connectivity index (χ1n) is 6.94. The molecule has 0 N–H and O–H groups in total. The molecule has 0 amide bonds. The summed E-state index contributed by atoms with van der Waals surface area (Å²) in [6, 6.07) is 16.8. The maximum absolute atomic E-state index is 6.04. The van der Waals surface area contributed by atoms with Crippen LogP contribution in [0.1, 0.15) is 12.0 Å². The van der Waals surface area contributed by atoms with Gasteiger partial charge in [0, 0.05) is 23.1 Å². The summed E-state index contributed by atoms with van der Waals surface area (Å²) in [5.41, 5.74) is 2.59. The van der Waals surface area contributed by atoms with Crippen LogP contribution in [0.5, 0.6) is 5.75 Å². The van der Waals surface area contributed by atoms with Crippen LogP contribution >= 0.6 is 15.9 Å². The third kappa shape index (κ3) is 3.15. The van der Waals surface area contributed by atoms with Crippen molar-refractivity contribution in [2.75, 3.05) is 18.0 Å². The third-order valence-corrected chi connectivity index (χ3v) is 4.19. The molecule has 1 saturated heterocycles. The number of nitrogens with zero attached hydrogens (tertiary/aromatic N) is 1. The van der Waals surface area contributed by atoms with E-state index in [1.54, 1.807) is 0 Å². The molecule has 0 saturated carbocycles. The molecule has 0 bridgehead atoms. The van der Waals surface area contributed by atoms with Gasteiger partial charge in [-0.15, -0.1) is 0 Å². The van der Waals surface area contributed by atoms with Crippen LogP contribution in [0.4, 0.5) is 5.69 Å². The molecule has 0 radical (unpaired) electrons. The van der Waals surface area contributed by atoms with E-state index in [4.69, 9.17) is 4.74 Å². The number of hydrogen-bond acceptors (Lipinski definition) is 2. The summed E-state index contributed by atoms with van der Waals surface area (Å²) in [4.78, 5) is 2.39. The molecule has 1 aliphatic heterocycles. The Balaban J connectivity index is 1.62. The van der Waals surface area contributed by atoms with E-state index in [0.29, 0.717) is 0 Å². The molecule has 2 aromatic carbocycles. The molecule has 0 spiro atoms. The molecule has 1 heterocycles. The predicted octanol–water partition coefficient (Wildman–Crippen LogP) is 4.42. The van der Waals surface area contributed by atoms with Crippen LogP contribution < -0.4 is 9.64 Å². The van der Waals surface area contributed by atoms with Crippen molar-refractivity contribution in [2.24, 2.45) is 0 Å². The van der Waals surface area contributed by atoms with Gasteiger partial charge in [0.1, 0.15) is 11.9 Å². The van der Waals surface area contributed by atoms with Gasteiger partial charge in [-0.1, -0.05) is 33.6 Å². The minimum Gasteiger partial charge on any atom is -0.489 e. The summed E-state index contributed by atoms with van der Waals surface area (Å²) in [6.45, 7) is 4.14. The third-order valence-electron chi connectivity index (χ3n) is 3.66. The summed E-state index contributed by atoms with van der Waals surface area (Å²) >= 11 is 3.44. The van der Waals surface area contributed by atoms with Crippen molar-refractivity contribution in [2.45, 2.75) is 19.4 Å². The van der Waals surface area contributed by atoms with Crippen LogP contribution in [0.25, 0.3) is 0 Å². The lowest BCUT2D eigenvalue weighted by Crippen LogP contribution is -2.24. The van der Waals surface area contributed by atoms with Gasteiger partial charge in [0.05, 0.1) is 6.54 Å². The Morgan fingerprint density at radius 1 is 1.05 bits per heavy atom. The average Bonchev–Trinajstić information content (AvgIpc) is 2.91. The second-order valence-electron chi connectivity index (χ2n) is 5.26. The SMILES string of the molecule is Cc1ccc(N2CCC(Oc3ccc(Br)cc3)C2)cc1. The fourth-order valence-electron chi connectivity index (χ4n) is 2.52. The average molecular weight is 332 g/mol. The Bertz CT molecular complexity index is 565. The molecule has 3 heteroatoms. The number of rotatable bonds is 3. The van der Waals surface area contributed by atoms with Gasteiger partial charge in [0.15, 0.2) is 0 Å². The zero-order chi connectivity index (χ0) is 13.9. The van der Waals surface area contributed by atoms with Gasteiger partial charge < -0.3 is 9.64 Å². The fraction of sp³-hybridized carbons (Fsp3) is 0.294. The molecule has 1 aliphatic rings. The zero-order valence-corrected chi connectivity index (χ0v) is 13.1. The number of anilines is 1. The fourth-order valence-corrected chi connectivity index (χ4v) is 2.78. The van der Waals surface area contributed by atoms with Crippen LogP contribution in [0.2, 0.25) is 0 Å². The lowest BCUT2D eigenvalue weighted by Gasteiger charge is -2.19. The molecule has 2 aromatic rings. The molecular weight excluding hydrogens is 314 g/mol. The highest BCUT2D eigenvalue weighted by Gasteiger charge is 2.24. The first-order chi connectivity index (χ1) is 9.70. The Labute approximate surface area is 128 Å². The second-order valence-corrected chi connectivity index (χ2v) is 6.18.